The van der Waals surface area contributed by atoms with Crippen LogP contribution in [0.3, 0.4) is 0 Å². The summed E-state index contributed by atoms with van der Waals surface area (Å²) in [4.78, 5) is 41.0. The molecule has 0 spiro atoms. The molecule has 0 unspecified atom stereocenters. The molecule has 1 heterocycles. The summed E-state index contributed by atoms with van der Waals surface area (Å²) in [5.74, 6) is -0.959. The van der Waals surface area contributed by atoms with Crippen molar-refractivity contribution in [1.29, 1.82) is 0 Å². The first-order chi connectivity index (χ1) is 17.2. The Kier molecular flexibility index (Phi) is 6.49. The summed E-state index contributed by atoms with van der Waals surface area (Å²) in [6.45, 7) is 5.78. The van der Waals surface area contributed by atoms with Gasteiger partial charge in [-0.2, -0.15) is 0 Å². The number of carbonyl (C=O) groups is 3. The van der Waals surface area contributed by atoms with E-state index in [1.165, 1.54) is 16.0 Å². The molecule has 7 nitrogen and oxygen atoms in total. The van der Waals surface area contributed by atoms with E-state index in [0.29, 0.717) is 11.8 Å². The minimum Gasteiger partial charge on any atom is -0.444 e. The molecule has 0 radical (unpaired) electrons. The Morgan fingerprint density at radius 2 is 1.17 bits per heavy atom. The van der Waals surface area contributed by atoms with E-state index >= 15 is 0 Å². The maximum Gasteiger partial charge on any atom is 0.410 e. The monoisotopic (exact) mass is 489 g/mol. The van der Waals surface area contributed by atoms with Crippen LogP contribution in [0.4, 0.5) is 4.79 Å². The summed E-state index contributed by atoms with van der Waals surface area (Å²) in [6.07, 6.45) is 1.28. The molecule has 2 aliphatic carbocycles. The molecule has 2 aromatic carbocycles. The number of benzene rings is 2. The number of carbonyl (C=O) groups excluding carboxylic acids is 3. The van der Waals surface area contributed by atoms with Crippen molar-refractivity contribution in [3.05, 3.63) is 71.8 Å². The number of likely N-dealkylation sites (tertiary alicyclic amines) is 1. The number of hydrogen-bond donors (Lipinski definition) is 2. The van der Waals surface area contributed by atoms with Gasteiger partial charge in [-0.25, -0.2) is 4.79 Å². The molecular weight excluding hydrogens is 454 g/mol. The van der Waals surface area contributed by atoms with Crippen LogP contribution in [0, 0.1) is 11.8 Å². The summed E-state index contributed by atoms with van der Waals surface area (Å²) in [5, 5.41) is 6.29. The maximum atomic E-state index is 13.4. The number of amides is 3. The second-order valence-corrected chi connectivity index (χ2v) is 11.3. The molecule has 7 heteroatoms. The fraction of sp³-hybridized carbons (Fsp3) is 0.483. The standard InChI is InChI=1S/C29H35N3O4/c1-29(2,3)36-28(35)32-16-22(26(33)30-24-14-20(24)18-10-6-4-7-11-18)23(17-32)27(34)31-25-15-21(25)19-12-8-5-9-13-19/h4-13,20-25H,14-17H2,1-3H3,(H,30,33)(H,31,34)/t20-,21-,22-,23-,24+,25+/m1/s1. The van der Waals surface area contributed by atoms with E-state index in [4.69, 9.17) is 4.74 Å². The van der Waals surface area contributed by atoms with Crippen LogP contribution in [0.15, 0.2) is 60.7 Å². The van der Waals surface area contributed by atoms with Gasteiger partial charge in [0.05, 0.1) is 11.8 Å². The molecule has 2 N–H and O–H groups in total. The van der Waals surface area contributed by atoms with Crippen LogP contribution < -0.4 is 10.6 Å². The van der Waals surface area contributed by atoms with Crippen molar-refractivity contribution in [3.63, 3.8) is 0 Å². The molecule has 3 aliphatic rings. The second-order valence-electron chi connectivity index (χ2n) is 11.3. The van der Waals surface area contributed by atoms with Gasteiger partial charge in [-0.05, 0) is 44.7 Å². The van der Waals surface area contributed by atoms with E-state index in [-0.39, 0.29) is 37.0 Å². The summed E-state index contributed by atoms with van der Waals surface area (Å²) in [5.41, 5.74) is 1.77. The predicted octanol–water partition coefficient (Wildman–Crippen LogP) is 3.81. The lowest BCUT2D eigenvalue weighted by molar-refractivity contribution is -0.133. The van der Waals surface area contributed by atoms with Gasteiger partial charge in [0.1, 0.15) is 5.60 Å². The molecule has 36 heavy (non-hydrogen) atoms. The van der Waals surface area contributed by atoms with Crippen LogP contribution in [-0.2, 0) is 14.3 Å². The molecule has 3 fully saturated rings. The van der Waals surface area contributed by atoms with E-state index in [1.54, 1.807) is 0 Å². The van der Waals surface area contributed by atoms with E-state index in [1.807, 2.05) is 57.2 Å². The van der Waals surface area contributed by atoms with Gasteiger partial charge in [-0.15, -0.1) is 0 Å². The normalized spacial score (nSPS) is 28.8. The van der Waals surface area contributed by atoms with Crippen LogP contribution >= 0.6 is 0 Å². The van der Waals surface area contributed by atoms with Gasteiger partial charge >= 0.3 is 6.09 Å². The molecule has 3 amide bonds. The van der Waals surface area contributed by atoms with Gasteiger partial charge in [0, 0.05) is 37.0 Å². The fourth-order valence-electron chi connectivity index (χ4n) is 5.24. The first-order valence-corrected chi connectivity index (χ1v) is 12.9. The zero-order chi connectivity index (χ0) is 25.4. The first kappa shape index (κ1) is 24.3. The van der Waals surface area contributed by atoms with Crippen LogP contribution in [-0.4, -0.2) is 53.6 Å². The van der Waals surface area contributed by atoms with Crippen LogP contribution in [0.1, 0.15) is 56.6 Å². The molecule has 0 bridgehead atoms. The highest BCUT2D eigenvalue weighted by Gasteiger charge is 2.49. The molecule has 1 saturated heterocycles. The molecular formula is C29H35N3O4. The highest BCUT2D eigenvalue weighted by molar-refractivity contribution is 5.90. The molecule has 6 atom stereocenters. The minimum absolute atomic E-state index is 0.0603. The molecule has 5 rings (SSSR count). The Labute approximate surface area is 212 Å². The lowest BCUT2D eigenvalue weighted by Gasteiger charge is -2.24. The van der Waals surface area contributed by atoms with Gasteiger partial charge in [0.25, 0.3) is 0 Å². The third-order valence-corrected chi connectivity index (χ3v) is 7.34. The van der Waals surface area contributed by atoms with Crippen LogP contribution in [0.5, 0.6) is 0 Å². The molecule has 2 aromatic rings. The van der Waals surface area contributed by atoms with E-state index < -0.39 is 23.5 Å². The van der Waals surface area contributed by atoms with Crippen molar-refractivity contribution in [1.82, 2.24) is 15.5 Å². The van der Waals surface area contributed by atoms with E-state index in [9.17, 15) is 14.4 Å². The van der Waals surface area contributed by atoms with Crippen molar-refractivity contribution in [3.8, 4) is 0 Å². The topological polar surface area (TPSA) is 87.7 Å². The summed E-state index contributed by atoms with van der Waals surface area (Å²) >= 11 is 0. The lowest BCUT2D eigenvalue weighted by atomic mass is 9.94. The Morgan fingerprint density at radius 3 is 1.56 bits per heavy atom. The highest BCUT2D eigenvalue weighted by Crippen LogP contribution is 2.42. The number of hydrogen-bond acceptors (Lipinski definition) is 4. The Balaban J connectivity index is 1.24. The fourth-order valence-corrected chi connectivity index (χ4v) is 5.24. The first-order valence-electron chi connectivity index (χ1n) is 12.9. The Bertz CT molecular complexity index is 1040. The number of ether oxygens (including phenoxy) is 1. The van der Waals surface area contributed by atoms with Crippen molar-refractivity contribution in [2.24, 2.45) is 11.8 Å². The molecule has 0 aromatic heterocycles. The van der Waals surface area contributed by atoms with Crippen LogP contribution in [0.25, 0.3) is 0 Å². The van der Waals surface area contributed by atoms with Crippen molar-refractivity contribution >= 4 is 17.9 Å². The average Bonchev–Trinajstić information content (AvgIpc) is 3.74. The molecule has 1 aliphatic heterocycles. The van der Waals surface area contributed by atoms with Gasteiger partial charge in [-0.1, -0.05) is 60.7 Å². The molecule has 190 valence electrons. The van der Waals surface area contributed by atoms with Crippen molar-refractivity contribution in [2.45, 2.75) is 63.1 Å². The lowest BCUT2D eigenvalue weighted by Crippen LogP contribution is -2.43. The summed E-state index contributed by atoms with van der Waals surface area (Å²) < 4.78 is 5.54. The average molecular weight is 490 g/mol. The van der Waals surface area contributed by atoms with Gasteiger partial charge in [-0.3, -0.25) is 9.59 Å². The number of rotatable bonds is 6. The van der Waals surface area contributed by atoms with Gasteiger partial charge in [0.2, 0.25) is 11.8 Å². The van der Waals surface area contributed by atoms with E-state index in [2.05, 4.69) is 34.9 Å². The smallest absolute Gasteiger partial charge is 0.410 e. The minimum atomic E-state index is -0.650. The molecule has 2 saturated carbocycles. The SMILES string of the molecule is CC(C)(C)OC(=O)N1C[C@@H](C(=O)N[C@H]2C[C@@H]2c2ccccc2)[C@H](C(=O)N[C@H]2C[C@@H]2c2ccccc2)C1. The van der Waals surface area contributed by atoms with Crippen molar-refractivity contribution < 1.29 is 19.1 Å². The Hall–Kier alpha value is -3.35. The summed E-state index contributed by atoms with van der Waals surface area (Å²) in [6, 6.07) is 20.4. The van der Waals surface area contributed by atoms with Crippen LogP contribution in [0.2, 0.25) is 0 Å². The number of nitrogens with zero attached hydrogens (tertiary/aromatic N) is 1. The number of nitrogens with one attached hydrogen (secondary N) is 2. The van der Waals surface area contributed by atoms with Gasteiger partial charge in [0.15, 0.2) is 0 Å². The zero-order valence-electron chi connectivity index (χ0n) is 21.1. The Morgan fingerprint density at radius 1 is 0.750 bits per heavy atom. The highest BCUT2D eigenvalue weighted by atomic mass is 16.6. The zero-order valence-corrected chi connectivity index (χ0v) is 21.1. The van der Waals surface area contributed by atoms with Crippen molar-refractivity contribution in [2.75, 3.05) is 13.1 Å². The quantitative estimate of drug-likeness (QED) is 0.646. The maximum absolute atomic E-state index is 13.4. The van der Waals surface area contributed by atoms with Gasteiger partial charge < -0.3 is 20.3 Å². The third-order valence-electron chi connectivity index (χ3n) is 7.34. The second kappa shape index (κ2) is 9.60. The van der Waals surface area contributed by atoms with E-state index in [0.717, 1.165) is 12.8 Å². The third kappa shape index (κ3) is 5.55. The largest absolute Gasteiger partial charge is 0.444 e. The predicted molar refractivity (Wildman–Crippen MR) is 136 cm³/mol. The summed E-state index contributed by atoms with van der Waals surface area (Å²) in [7, 11) is 0.